The molecule has 0 saturated heterocycles. The van der Waals surface area contributed by atoms with Crippen LogP contribution in [0.15, 0.2) is 28.8 Å². The third kappa shape index (κ3) is 3.03. The average Bonchev–Trinajstić information content (AvgIpc) is 3.25. The van der Waals surface area contributed by atoms with Crippen molar-refractivity contribution in [3.8, 4) is 5.69 Å². The summed E-state index contributed by atoms with van der Waals surface area (Å²) in [5.74, 6) is 3.41. The Labute approximate surface area is 163 Å². The number of hydrogen-bond acceptors (Lipinski definition) is 5. The lowest BCUT2D eigenvalue weighted by molar-refractivity contribution is 0.314. The predicted molar refractivity (Wildman–Crippen MR) is 102 cm³/mol. The molecule has 0 amide bonds. The third-order valence-corrected chi connectivity index (χ3v) is 6.05. The van der Waals surface area contributed by atoms with Crippen molar-refractivity contribution in [2.75, 3.05) is 7.05 Å². The van der Waals surface area contributed by atoms with E-state index in [2.05, 4.69) is 30.9 Å². The van der Waals surface area contributed by atoms with Crippen LogP contribution >= 0.6 is 0 Å². The zero-order chi connectivity index (χ0) is 19.3. The molecule has 7 heteroatoms. The van der Waals surface area contributed by atoms with Crippen LogP contribution in [0.25, 0.3) is 5.69 Å². The van der Waals surface area contributed by atoms with E-state index < -0.39 is 0 Å². The molecular formula is C21H24FN5O. The molecule has 2 aliphatic rings. The first-order valence-corrected chi connectivity index (χ1v) is 9.93. The minimum Gasteiger partial charge on any atom is -0.361 e. The Bertz CT molecular complexity index is 1000. The molecule has 146 valence electrons. The van der Waals surface area contributed by atoms with Crippen LogP contribution in [0, 0.1) is 12.7 Å². The van der Waals surface area contributed by atoms with Crippen molar-refractivity contribution in [1.82, 2.24) is 24.8 Å². The predicted octanol–water partition coefficient (Wildman–Crippen LogP) is 4.09. The molecule has 0 unspecified atom stereocenters. The minimum atomic E-state index is -0.200. The second-order valence-corrected chi connectivity index (χ2v) is 8.17. The highest BCUT2D eigenvalue weighted by molar-refractivity contribution is 5.44. The van der Waals surface area contributed by atoms with E-state index in [4.69, 9.17) is 4.52 Å². The summed E-state index contributed by atoms with van der Waals surface area (Å²) < 4.78 is 21.3. The Morgan fingerprint density at radius 3 is 2.57 bits per heavy atom. The molecule has 2 aromatic heterocycles. The zero-order valence-corrected chi connectivity index (χ0v) is 16.2. The average molecular weight is 381 g/mol. The summed E-state index contributed by atoms with van der Waals surface area (Å²) in [5, 5.41) is 13.3. The Morgan fingerprint density at radius 2 is 1.82 bits per heavy atom. The fraction of sp³-hybridized carbons (Fsp3) is 0.476. The Morgan fingerprint density at radius 1 is 1.04 bits per heavy atom. The van der Waals surface area contributed by atoms with Crippen molar-refractivity contribution in [3.63, 3.8) is 0 Å². The molecule has 0 bridgehead atoms. The van der Waals surface area contributed by atoms with Crippen LogP contribution in [0.2, 0.25) is 0 Å². The first kappa shape index (κ1) is 17.6. The number of halogens is 1. The van der Waals surface area contributed by atoms with Gasteiger partial charge in [-0.15, -0.1) is 10.2 Å². The minimum absolute atomic E-state index is 0.200. The van der Waals surface area contributed by atoms with Gasteiger partial charge in [0.15, 0.2) is 5.82 Å². The van der Waals surface area contributed by atoms with Crippen LogP contribution < -0.4 is 0 Å². The molecule has 28 heavy (non-hydrogen) atoms. The summed E-state index contributed by atoms with van der Waals surface area (Å²) in [6.07, 6.45) is 4.21. The molecule has 1 aliphatic carbocycles. The number of benzene rings is 1. The normalized spacial score (nSPS) is 22.5. The van der Waals surface area contributed by atoms with Crippen LogP contribution in [0.5, 0.6) is 0 Å². The van der Waals surface area contributed by atoms with Gasteiger partial charge in [-0.2, -0.15) is 0 Å². The lowest BCUT2D eigenvalue weighted by Gasteiger charge is -2.27. The zero-order valence-electron chi connectivity index (χ0n) is 16.2. The monoisotopic (exact) mass is 381 g/mol. The Hall–Kier alpha value is -2.54. The van der Waals surface area contributed by atoms with Gasteiger partial charge in [0.2, 0.25) is 0 Å². The van der Waals surface area contributed by atoms with E-state index >= 15 is 0 Å². The number of aromatic nitrogens is 4. The molecule has 3 heterocycles. The summed E-state index contributed by atoms with van der Waals surface area (Å²) in [4.78, 5) is 2.15. The molecule has 1 aromatic carbocycles. The van der Waals surface area contributed by atoms with Gasteiger partial charge in [-0.3, -0.25) is 9.47 Å². The number of hydrogen-bond donors (Lipinski definition) is 0. The van der Waals surface area contributed by atoms with Crippen molar-refractivity contribution in [3.05, 3.63) is 58.7 Å². The summed E-state index contributed by atoms with van der Waals surface area (Å²) in [7, 11) is 2.03. The quantitative estimate of drug-likeness (QED) is 0.669. The molecule has 0 spiro atoms. The van der Waals surface area contributed by atoms with Crippen molar-refractivity contribution in [2.45, 2.75) is 57.5 Å². The second kappa shape index (κ2) is 6.81. The molecular weight excluding hydrogens is 357 g/mol. The largest absolute Gasteiger partial charge is 0.361 e. The summed E-state index contributed by atoms with van der Waals surface area (Å²) in [6, 6.07) is 7.08. The standard InChI is InChI=1S/C21H24FN5O/c1-13-9-18(25-28-13)14-3-5-15(6-4-14)21-24-23-20-12-26(2)11-16-10-17(22)7-8-19(16)27(20)21/h7-10,14-15H,3-6,11-12H2,1-2H3/t14-,15-. The fourth-order valence-electron chi connectivity index (χ4n) is 4.67. The van der Waals surface area contributed by atoms with Crippen molar-refractivity contribution < 1.29 is 8.91 Å². The molecule has 0 atom stereocenters. The molecule has 6 nitrogen and oxygen atoms in total. The first-order valence-electron chi connectivity index (χ1n) is 9.93. The maximum atomic E-state index is 13.8. The van der Waals surface area contributed by atoms with E-state index in [1.807, 2.05) is 20.0 Å². The molecule has 3 aromatic rings. The van der Waals surface area contributed by atoms with Gasteiger partial charge in [0.1, 0.15) is 17.4 Å². The van der Waals surface area contributed by atoms with Crippen molar-refractivity contribution in [1.29, 1.82) is 0 Å². The van der Waals surface area contributed by atoms with Gasteiger partial charge in [-0.05, 0) is 63.4 Å². The summed E-state index contributed by atoms with van der Waals surface area (Å²) in [5.41, 5.74) is 3.06. The van der Waals surface area contributed by atoms with E-state index in [0.717, 1.165) is 60.0 Å². The van der Waals surface area contributed by atoms with Crippen LogP contribution in [0.4, 0.5) is 4.39 Å². The number of nitrogens with zero attached hydrogens (tertiary/aromatic N) is 5. The lowest BCUT2D eigenvalue weighted by Crippen LogP contribution is -2.17. The van der Waals surface area contributed by atoms with Gasteiger partial charge in [0.05, 0.1) is 17.9 Å². The van der Waals surface area contributed by atoms with Gasteiger partial charge < -0.3 is 4.52 Å². The van der Waals surface area contributed by atoms with Crippen molar-refractivity contribution in [2.24, 2.45) is 0 Å². The van der Waals surface area contributed by atoms with E-state index in [9.17, 15) is 4.39 Å². The van der Waals surface area contributed by atoms with E-state index in [1.165, 1.54) is 6.07 Å². The SMILES string of the molecule is Cc1cc([C@H]2CC[C@H](c3nnc4n3-c3ccc(F)cc3CN(C)C4)CC2)no1. The van der Waals surface area contributed by atoms with Gasteiger partial charge in [0, 0.05) is 24.4 Å². The van der Waals surface area contributed by atoms with Crippen LogP contribution in [-0.4, -0.2) is 31.9 Å². The number of rotatable bonds is 2. The van der Waals surface area contributed by atoms with Crippen LogP contribution in [0.3, 0.4) is 0 Å². The highest BCUT2D eigenvalue weighted by Crippen LogP contribution is 2.41. The van der Waals surface area contributed by atoms with E-state index in [0.29, 0.717) is 24.9 Å². The van der Waals surface area contributed by atoms with Crippen LogP contribution in [-0.2, 0) is 13.1 Å². The number of fused-ring (bicyclic) bond motifs is 3. The molecule has 0 radical (unpaired) electrons. The second-order valence-electron chi connectivity index (χ2n) is 8.17. The molecule has 5 rings (SSSR count). The van der Waals surface area contributed by atoms with Crippen LogP contribution in [0.1, 0.15) is 66.2 Å². The topological polar surface area (TPSA) is 60.0 Å². The lowest BCUT2D eigenvalue weighted by atomic mass is 9.80. The van der Waals surface area contributed by atoms with Gasteiger partial charge in [-0.25, -0.2) is 4.39 Å². The maximum Gasteiger partial charge on any atom is 0.151 e. The number of aryl methyl sites for hydroxylation is 1. The van der Waals surface area contributed by atoms with Gasteiger partial charge >= 0.3 is 0 Å². The molecule has 1 saturated carbocycles. The highest BCUT2D eigenvalue weighted by atomic mass is 19.1. The first-order chi connectivity index (χ1) is 13.6. The smallest absolute Gasteiger partial charge is 0.151 e. The summed E-state index contributed by atoms with van der Waals surface area (Å²) in [6.45, 7) is 3.34. The molecule has 1 aliphatic heterocycles. The highest BCUT2D eigenvalue weighted by Gasteiger charge is 2.31. The van der Waals surface area contributed by atoms with Gasteiger partial charge in [0.25, 0.3) is 0 Å². The van der Waals surface area contributed by atoms with E-state index in [-0.39, 0.29) is 5.82 Å². The third-order valence-electron chi connectivity index (χ3n) is 6.05. The molecule has 0 N–H and O–H groups in total. The van der Waals surface area contributed by atoms with Crippen molar-refractivity contribution >= 4 is 0 Å². The molecule has 1 fully saturated rings. The van der Waals surface area contributed by atoms with Gasteiger partial charge in [-0.1, -0.05) is 5.16 Å². The van der Waals surface area contributed by atoms with E-state index in [1.54, 1.807) is 6.07 Å². The Balaban J connectivity index is 1.45. The maximum absolute atomic E-state index is 13.8. The Kier molecular flexibility index (Phi) is 4.27. The summed E-state index contributed by atoms with van der Waals surface area (Å²) >= 11 is 0. The fourth-order valence-corrected chi connectivity index (χ4v) is 4.67.